The van der Waals surface area contributed by atoms with Crippen molar-refractivity contribution in [3.63, 3.8) is 0 Å². The normalized spacial score (nSPS) is 13.5. The number of nitrogens with one attached hydrogen (secondary N) is 1. The zero-order valence-electron chi connectivity index (χ0n) is 12.0. The summed E-state index contributed by atoms with van der Waals surface area (Å²) in [6.45, 7) is 1.84. The largest absolute Gasteiger partial charge is 0.454 e. The van der Waals surface area contributed by atoms with E-state index in [0.29, 0.717) is 18.0 Å². The van der Waals surface area contributed by atoms with Gasteiger partial charge in [0.1, 0.15) is 0 Å². The predicted octanol–water partition coefficient (Wildman–Crippen LogP) is 0.313. The molecule has 7 nitrogen and oxygen atoms in total. The third kappa shape index (κ3) is 3.85. The molecule has 0 aromatic heterocycles. The van der Waals surface area contributed by atoms with E-state index in [4.69, 9.17) is 9.47 Å². The van der Waals surface area contributed by atoms with Crippen molar-refractivity contribution in [1.29, 1.82) is 0 Å². The standard InChI is InChI=1S/C13H18N2O5S/c1-3-21(17,18)15(2)8-13(16)14-7-10-4-5-11-12(6-10)20-9-19-11/h4-6H,3,7-9H2,1-2H3,(H,14,16). The van der Waals surface area contributed by atoms with Crippen LogP contribution in [0.3, 0.4) is 0 Å². The van der Waals surface area contributed by atoms with E-state index in [0.717, 1.165) is 9.87 Å². The van der Waals surface area contributed by atoms with E-state index in [1.807, 2.05) is 6.07 Å². The molecule has 1 aromatic carbocycles. The number of hydrogen-bond donors (Lipinski definition) is 1. The lowest BCUT2D eigenvalue weighted by molar-refractivity contribution is -0.121. The number of amides is 1. The molecule has 1 aliphatic heterocycles. The van der Waals surface area contributed by atoms with Crippen LogP contribution >= 0.6 is 0 Å². The molecule has 0 radical (unpaired) electrons. The van der Waals surface area contributed by atoms with Crippen molar-refractivity contribution in [3.8, 4) is 11.5 Å². The van der Waals surface area contributed by atoms with Crippen LogP contribution in [-0.2, 0) is 21.4 Å². The third-order valence-corrected chi connectivity index (χ3v) is 4.94. The summed E-state index contributed by atoms with van der Waals surface area (Å²) in [5.41, 5.74) is 0.855. The smallest absolute Gasteiger partial charge is 0.235 e. The summed E-state index contributed by atoms with van der Waals surface area (Å²) in [4.78, 5) is 11.7. The lowest BCUT2D eigenvalue weighted by Gasteiger charge is -2.15. The molecule has 2 rings (SSSR count). The molecule has 0 unspecified atom stereocenters. The average Bonchev–Trinajstić information content (AvgIpc) is 2.92. The molecule has 1 aliphatic rings. The number of fused-ring (bicyclic) bond motifs is 1. The van der Waals surface area contributed by atoms with Crippen molar-refractivity contribution in [2.75, 3.05) is 26.1 Å². The van der Waals surface area contributed by atoms with Crippen molar-refractivity contribution in [3.05, 3.63) is 23.8 Å². The zero-order valence-corrected chi connectivity index (χ0v) is 12.8. The van der Waals surface area contributed by atoms with Gasteiger partial charge in [0.2, 0.25) is 22.7 Å². The van der Waals surface area contributed by atoms with Crippen LogP contribution < -0.4 is 14.8 Å². The number of sulfonamides is 1. The minimum atomic E-state index is -3.35. The van der Waals surface area contributed by atoms with Crippen molar-refractivity contribution in [1.82, 2.24) is 9.62 Å². The number of benzene rings is 1. The predicted molar refractivity (Wildman–Crippen MR) is 76.5 cm³/mol. The number of nitrogens with zero attached hydrogens (tertiary/aromatic N) is 1. The van der Waals surface area contributed by atoms with Gasteiger partial charge in [0.15, 0.2) is 11.5 Å². The minimum Gasteiger partial charge on any atom is -0.454 e. The van der Waals surface area contributed by atoms with Crippen LogP contribution in [0.25, 0.3) is 0 Å². The van der Waals surface area contributed by atoms with Gasteiger partial charge in [0.25, 0.3) is 0 Å². The second kappa shape index (κ2) is 6.31. The Morgan fingerprint density at radius 2 is 2.05 bits per heavy atom. The Balaban J connectivity index is 1.87. The molecule has 8 heteroatoms. The number of rotatable bonds is 6. The summed E-state index contributed by atoms with van der Waals surface area (Å²) < 4.78 is 34.6. The molecule has 0 saturated carbocycles. The Hall–Kier alpha value is -1.80. The monoisotopic (exact) mass is 314 g/mol. The first-order chi connectivity index (χ1) is 9.92. The van der Waals surface area contributed by atoms with E-state index >= 15 is 0 Å². The fourth-order valence-corrected chi connectivity index (χ4v) is 2.58. The molecule has 1 N–H and O–H groups in total. The minimum absolute atomic E-state index is 0.0288. The molecule has 0 saturated heterocycles. The summed E-state index contributed by atoms with van der Waals surface area (Å²) in [5.74, 6) is 0.942. The van der Waals surface area contributed by atoms with Gasteiger partial charge in [-0.2, -0.15) is 4.31 Å². The highest BCUT2D eigenvalue weighted by Gasteiger charge is 2.18. The molecule has 1 amide bonds. The molecule has 0 spiro atoms. The first-order valence-corrected chi connectivity index (χ1v) is 8.12. The molecular formula is C13H18N2O5S. The maximum Gasteiger partial charge on any atom is 0.235 e. The Labute approximate surface area is 123 Å². The quantitative estimate of drug-likeness (QED) is 0.817. The highest BCUT2D eigenvalue weighted by atomic mass is 32.2. The summed E-state index contributed by atoms with van der Waals surface area (Å²) >= 11 is 0. The van der Waals surface area contributed by atoms with Crippen LogP contribution in [0.4, 0.5) is 0 Å². The topological polar surface area (TPSA) is 84.9 Å². The Morgan fingerprint density at radius 1 is 1.33 bits per heavy atom. The molecule has 0 fully saturated rings. The molecule has 0 aliphatic carbocycles. The summed E-state index contributed by atoms with van der Waals surface area (Å²) in [6.07, 6.45) is 0. The van der Waals surface area contributed by atoms with Gasteiger partial charge in [0.05, 0.1) is 12.3 Å². The van der Waals surface area contributed by atoms with Gasteiger partial charge in [-0.15, -0.1) is 0 Å². The third-order valence-electron chi connectivity index (χ3n) is 3.13. The lowest BCUT2D eigenvalue weighted by Crippen LogP contribution is -2.38. The van der Waals surface area contributed by atoms with Crippen LogP contribution in [0, 0.1) is 0 Å². The van der Waals surface area contributed by atoms with E-state index in [1.54, 1.807) is 12.1 Å². The van der Waals surface area contributed by atoms with E-state index in [2.05, 4.69) is 5.32 Å². The maximum atomic E-state index is 11.7. The van der Waals surface area contributed by atoms with E-state index in [-0.39, 0.29) is 25.0 Å². The first-order valence-electron chi connectivity index (χ1n) is 6.51. The Kier molecular flexibility index (Phi) is 4.69. The van der Waals surface area contributed by atoms with Gasteiger partial charge < -0.3 is 14.8 Å². The fraction of sp³-hybridized carbons (Fsp3) is 0.462. The van der Waals surface area contributed by atoms with Gasteiger partial charge in [0, 0.05) is 13.6 Å². The van der Waals surface area contributed by atoms with Gasteiger partial charge in [-0.1, -0.05) is 6.07 Å². The highest BCUT2D eigenvalue weighted by Crippen LogP contribution is 2.32. The Bertz CT molecular complexity index is 629. The second-order valence-corrected chi connectivity index (χ2v) is 6.99. The van der Waals surface area contributed by atoms with Crippen LogP contribution in [0.1, 0.15) is 12.5 Å². The van der Waals surface area contributed by atoms with Crippen LogP contribution in [0.2, 0.25) is 0 Å². The number of carbonyl (C=O) groups excluding carboxylic acids is 1. The average molecular weight is 314 g/mol. The number of ether oxygens (including phenoxy) is 2. The molecule has 1 heterocycles. The summed E-state index contributed by atoms with van der Waals surface area (Å²) in [5, 5.41) is 2.68. The molecule has 116 valence electrons. The van der Waals surface area contributed by atoms with Crippen molar-refractivity contribution >= 4 is 15.9 Å². The van der Waals surface area contributed by atoms with E-state index < -0.39 is 10.0 Å². The van der Waals surface area contributed by atoms with Gasteiger partial charge in [-0.25, -0.2) is 8.42 Å². The van der Waals surface area contributed by atoms with Gasteiger partial charge >= 0.3 is 0 Å². The lowest BCUT2D eigenvalue weighted by atomic mass is 10.2. The summed E-state index contributed by atoms with van der Waals surface area (Å²) in [6, 6.07) is 5.38. The molecule has 0 bridgehead atoms. The molecule has 1 aromatic rings. The van der Waals surface area contributed by atoms with Crippen molar-refractivity contribution < 1.29 is 22.7 Å². The maximum absolute atomic E-state index is 11.7. The summed E-state index contributed by atoms with van der Waals surface area (Å²) in [7, 11) is -1.96. The fourth-order valence-electron chi connectivity index (χ4n) is 1.83. The Morgan fingerprint density at radius 3 is 2.76 bits per heavy atom. The van der Waals surface area contributed by atoms with Crippen molar-refractivity contribution in [2.45, 2.75) is 13.5 Å². The van der Waals surface area contributed by atoms with Crippen LogP contribution in [-0.4, -0.2) is 44.8 Å². The van der Waals surface area contributed by atoms with Gasteiger partial charge in [-0.3, -0.25) is 4.79 Å². The molecule has 0 atom stereocenters. The highest BCUT2D eigenvalue weighted by molar-refractivity contribution is 7.89. The number of hydrogen-bond acceptors (Lipinski definition) is 5. The molecule has 21 heavy (non-hydrogen) atoms. The number of carbonyl (C=O) groups is 1. The first kappa shape index (κ1) is 15.6. The van der Waals surface area contributed by atoms with E-state index in [1.165, 1.54) is 14.0 Å². The molecular weight excluding hydrogens is 296 g/mol. The SMILES string of the molecule is CCS(=O)(=O)N(C)CC(=O)NCc1ccc2c(c1)OCO2. The van der Waals surface area contributed by atoms with E-state index in [9.17, 15) is 13.2 Å². The van der Waals surface area contributed by atoms with Gasteiger partial charge in [-0.05, 0) is 24.6 Å². The van der Waals surface area contributed by atoms with Crippen LogP contribution in [0.5, 0.6) is 11.5 Å². The number of likely N-dealkylation sites (N-methyl/N-ethyl adjacent to an activating group) is 1. The zero-order chi connectivity index (χ0) is 15.5. The van der Waals surface area contributed by atoms with Crippen molar-refractivity contribution in [2.24, 2.45) is 0 Å². The second-order valence-electron chi connectivity index (χ2n) is 4.62. The van der Waals surface area contributed by atoms with Crippen LogP contribution in [0.15, 0.2) is 18.2 Å².